The first kappa shape index (κ1) is 45.8. The molecule has 5 heteroatoms. The maximum Gasteiger partial charge on any atom is 0.306 e. The molecule has 0 amide bonds. The van der Waals surface area contributed by atoms with Gasteiger partial charge in [0.05, 0.1) is 6.61 Å². The molecule has 49 heavy (non-hydrogen) atoms. The molecule has 0 aliphatic carbocycles. The van der Waals surface area contributed by atoms with Crippen molar-refractivity contribution in [2.45, 2.75) is 155 Å². The van der Waals surface area contributed by atoms with E-state index in [-0.39, 0.29) is 31.6 Å². The summed E-state index contributed by atoms with van der Waals surface area (Å²) < 4.78 is 10.5. The number of rotatable bonds is 33. The second kappa shape index (κ2) is 39.3. The Morgan fingerprint density at radius 3 is 1.41 bits per heavy atom. The van der Waals surface area contributed by atoms with Crippen LogP contribution in [0.4, 0.5) is 0 Å². The molecule has 1 atom stereocenters. The Balaban J connectivity index is 3.75. The largest absolute Gasteiger partial charge is 0.462 e. The van der Waals surface area contributed by atoms with Gasteiger partial charge in [0.2, 0.25) is 0 Å². The van der Waals surface area contributed by atoms with Crippen molar-refractivity contribution in [3.05, 3.63) is 97.2 Å². The van der Waals surface area contributed by atoms with Crippen LogP contribution >= 0.6 is 0 Å². The Morgan fingerprint density at radius 1 is 0.490 bits per heavy atom. The molecule has 0 radical (unpaired) electrons. The molecule has 1 unspecified atom stereocenters. The number of carbonyl (C=O) groups is 2. The summed E-state index contributed by atoms with van der Waals surface area (Å²) in [4.78, 5) is 24.2. The average Bonchev–Trinajstić information content (AvgIpc) is 3.10. The highest BCUT2D eigenvalue weighted by Gasteiger charge is 2.15. The van der Waals surface area contributed by atoms with E-state index < -0.39 is 6.10 Å². The van der Waals surface area contributed by atoms with E-state index in [9.17, 15) is 14.7 Å². The Labute approximate surface area is 300 Å². The molecule has 0 spiro atoms. The predicted octanol–water partition coefficient (Wildman–Crippen LogP) is 12.1. The number of hydrogen-bond donors (Lipinski definition) is 1. The third kappa shape index (κ3) is 37.5. The van der Waals surface area contributed by atoms with Crippen LogP contribution in [0.3, 0.4) is 0 Å². The van der Waals surface area contributed by atoms with E-state index in [0.29, 0.717) is 12.8 Å². The van der Waals surface area contributed by atoms with Crippen molar-refractivity contribution in [1.29, 1.82) is 0 Å². The maximum atomic E-state index is 12.2. The van der Waals surface area contributed by atoms with Crippen LogP contribution in [0, 0.1) is 0 Å². The maximum absolute atomic E-state index is 12.2. The summed E-state index contributed by atoms with van der Waals surface area (Å²) >= 11 is 0. The summed E-state index contributed by atoms with van der Waals surface area (Å²) in [5.41, 5.74) is 0. The number of aliphatic hydroxyl groups excluding tert-OH is 1. The molecule has 0 aliphatic rings. The Bertz CT molecular complexity index is 995. The Kier molecular flexibility index (Phi) is 36.7. The highest BCUT2D eigenvalue weighted by molar-refractivity contribution is 5.70. The van der Waals surface area contributed by atoms with Crippen molar-refractivity contribution < 1.29 is 24.2 Å². The van der Waals surface area contributed by atoms with E-state index in [4.69, 9.17) is 9.47 Å². The third-order valence-corrected chi connectivity index (χ3v) is 7.63. The minimum Gasteiger partial charge on any atom is -0.462 e. The molecule has 0 aliphatic heterocycles. The second-order valence-electron chi connectivity index (χ2n) is 12.3. The lowest BCUT2D eigenvalue weighted by Crippen LogP contribution is -2.28. The van der Waals surface area contributed by atoms with Gasteiger partial charge in [-0.15, -0.1) is 0 Å². The summed E-state index contributed by atoms with van der Waals surface area (Å²) in [6.07, 6.45) is 54.8. The molecular weight excluding hydrogens is 608 g/mol. The van der Waals surface area contributed by atoms with Gasteiger partial charge in [0.1, 0.15) is 6.61 Å². The number of ether oxygens (including phenoxy) is 2. The van der Waals surface area contributed by atoms with Gasteiger partial charge in [-0.1, -0.05) is 150 Å². The number of carbonyl (C=O) groups excluding carboxylic acids is 2. The SMILES string of the molecule is CC/C=C/C/C=C/C/C=C/C/C=C/C/C=C/C/C=C/CCCCCC(=O)OC(CO)COC(=O)CC/C=C/C/C=C/CCCCCCCC. The Morgan fingerprint density at radius 2 is 0.918 bits per heavy atom. The van der Waals surface area contributed by atoms with Gasteiger partial charge >= 0.3 is 11.9 Å². The minimum absolute atomic E-state index is 0.116. The third-order valence-electron chi connectivity index (χ3n) is 7.63. The summed E-state index contributed by atoms with van der Waals surface area (Å²) in [6, 6.07) is 0. The molecule has 0 aromatic rings. The van der Waals surface area contributed by atoms with E-state index in [0.717, 1.165) is 77.0 Å². The first-order chi connectivity index (χ1) is 24.1. The smallest absolute Gasteiger partial charge is 0.306 e. The number of esters is 2. The number of allylic oxidation sites excluding steroid dienone is 16. The van der Waals surface area contributed by atoms with Crippen LogP contribution in [-0.2, 0) is 19.1 Å². The van der Waals surface area contributed by atoms with Crippen LogP contribution in [0.15, 0.2) is 97.2 Å². The zero-order chi connectivity index (χ0) is 35.7. The van der Waals surface area contributed by atoms with Crippen molar-refractivity contribution in [3.63, 3.8) is 0 Å². The summed E-state index contributed by atoms with van der Waals surface area (Å²) in [6.45, 7) is 3.91. The molecule has 0 fully saturated rings. The van der Waals surface area contributed by atoms with Gasteiger partial charge in [-0.25, -0.2) is 0 Å². The molecule has 0 bridgehead atoms. The fraction of sp³-hybridized carbons (Fsp3) is 0.591. The lowest BCUT2D eigenvalue weighted by atomic mass is 10.1. The van der Waals surface area contributed by atoms with Crippen LogP contribution < -0.4 is 0 Å². The summed E-state index contributed by atoms with van der Waals surface area (Å²) in [5, 5.41) is 9.53. The molecule has 0 saturated carbocycles. The van der Waals surface area contributed by atoms with Gasteiger partial charge in [0.25, 0.3) is 0 Å². The monoisotopic (exact) mass is 679 g/mol. The van der Waals surface area contributed by atoms with E-state index >= 15 is 0 Å². The van der Waals surface area contributed by atoms with Crippen molar-refractivity contribution in [2.24, 2.45) is 0 Å². The van der Waals surface area contributed by atoms with Crippen molar-refractivity contribution >= 4 is 11.9 Å². The molecule has 1 N–H and O–H groups in total. The van der Waals surface area contributed by atoms with Crippen molar-refractivity contribution in [1.82, 2.24) is 0 Å². The molecule has 0 saturated heterocycles. The van der Waals surface area contributed by atoms with Gasteiger partial charge in [-0.3, -0.25) is 9.59 Å². The zero-order valence-corrected chi connectivity index (χ0v) is 31.2. The lowest BCUT2D eigenvalue weighted by Gasteiger charge is -2.15. The molecule has 0 aromatic heterocycles. The molecule has 0 aromatic carbocycles. The Hall–Kier alpha value is -3.18. The highest BCUT2D eigenvalue weighted by atomic mass is 16.6. The molecular formula is C44H70O5. The number of aliphatic hydroxyl groups is 1. The van der Waals surface area contributed by atoms with Crippen LogP contribution in [0.5, 0.6) is 0 Å². The lowest BCUT2D eigenvalue weighted by molar-refractivity contribution is -0.161. The van der Waals surface area contributed by atoms with E-state index in [1.807, 2.05) is 6.08 Å². The van der Waals surface area contributed by atoms with Gasteiger partial charge < -0.3 is 14.6 Å². The molecule has 0 rings (SSSR count). The number of hydrogen-bond acceptors (Lipinski definition) is 5. The van der Waals surface area contributed by atoms with Crippen LogP contribution in [0.1, 0.15) is 149 Å². The number of unbranched alkanes of at least 4 members (excludes halogenated alkanes) is 9. The zero-order valence-electron chi connectivity index (χ0n) is 31.2. The summed E-state index contributed by atoms with van der Waals surface area (Å²) in [7, 11) is 0. The first-order valence-electron chi connectivity index (χ1n) is 19.3. The summed E-state index contributed by atoms with van der Waals surface area (Å²) in [5.74, 6) is -0.719. The average molecular weight is 679 g/mol. The van der Waals surface area contributed by atoms with Gasteiger partial charge in [0.15, 0.2) is 6.10 Å². The van der Waals surface area contributed by atoms with Crippen molar-refractivity contribution in [3.8, 4) is 0 Å². The highest BCUT2D eigenvalue weighted by Crippen LogP contribution is 2.09. The normalized spacial score (nSPS) is 13.3. The first-order valence-corrected chi connectivity index (χ1v) is 19.3. The van der Waals surface area contributed by atoms with Crippen LogP contribution in [0.25, 0.3) is 0 Å². The molecule has 0 heterocycles. The topological polar surface area (TPSA) is 72.8 Å². The van der Waals surface area contributed by atoms with Crippen LogP contribution in [0.2, 0.25) is 0 Å². The van der Waals surface area contributed by atoms with E-state index in [2.05, 4.69) is 105 Å². The van der Waals surface area contributed by atoms with E-state index in [1.54, 1.807) is 0 Å². The molecule has 276 valence electrons. The fourth-order valence-corrected chi connectivity index (χ4v) is 4.73. The van der Waals surface area contributed by atoms with E-state index in [1.165, 1.54) is 38.5 Å². The standard InChI is InChI=1S/C44H70O5/c1-3-5-7-9-11-13-15-17-18-19-20-21-22-23-24-25-27-29-31-33-35-37-39-44(47)49-42(40-45)41-48-43(46)38-36-34-32-30-28-26-16-14-12-10-8-6-4-2/h5,7,11,13,17-18,20-21,23-24,26-29,32,34,42,45H,3-4,6,8-10,12,14-16,19,22,25,30-31,33,35-41H2,1-2H3/b7-5+,13-11+,18-17+,21-20+,24-23+,28-26+,29-27+,34-32+. The van der Waals surface area contributed by atoms with Gasteiger partial charge in [0, 0.05) is 12.8 Å². The molecule has 5 nitrogen and oxygen atoms in total. The quantitative estimate of drug-likeness (QED) is 0.0425. The second-order valence-corrected chi connectivity index (χ2v) is 12.3. The van der Waals surface area contributed by atoms with Gasteiger partial charge in [-0.2, -0.15) is 0 Å². The fourth-order valence-electron chi connectivity index (χ4n) is 4.73. The van der Waals surface area contributed by atoms with Crippen LogP contribution in [-0.4, -0.2) is 36.4 Å². The predicted molar refractivity (Wildman–Crippen MR) is 209 cm³/mol. The minimum atomic E-state index is -0.817. The van der Waals surface area contributed by atoms with Gasteiger partial charge in [-0.05, 0) is 83.5 Å². The van der Waals surface area contributed by atoms with Crippen molar-refractivity contribution in [2.75, 3.05) is 13.2 Å².